The van der Waals surface area contributed by atoms with Gasteiger partial charge in [0, 0.05) is 31.9 Å². The second-order valence-corrected chi connectivity index (χ2v) is 6.50. The smallest absolute Gasteiger partial charge is 0.278 e. The van der Waals surface area contributed by atoms with Crippen molar-refractivity contribution in [3.8, 4) is 5.69 Å². The topological polar surface area (TPSA) is 75.5 Å². The van der Waals surface area contributed by atoms with Gasteiger partial charge >= 0.3 is 0 Å². The lowest BCUT2D eigenvalue weighted by Crippen LogP contribution is -2.42. The Balaban J connectivity index is 2.37. The fourth-order valence-electron chi connectivity index (χ4n) is 2.69. The van der Waals surface area contributed by atoms with Gasteiger partial charge in [-0.1, -0.05) is 23.7 Å². The maximum Gasteiger partial charge on any atom is 0.278 e. The summed E-state index contributed by atoms with van der Waals surface area (Å²) in [6, 6.07) is 8.35. The van der Waals surface area contributed by atoms with Crippen LogP contribution < -0.4 is 5.43 Å². The first-order valence-electron chi connectivity index (χ1n) is 8.69. The molecule has 7 nitrogen and oxygen atoms in total. The van der Waals surface area contributed by atoms with E-state index < -0.39 is 11.3 Å². The third kappa shape index (κ3) is 4.54. The molecule has 0 radical (unpaired) electrons. The predicted octanol–water partition coefficient (Wildman–Crippen LogP) is 2.13. The van der Waals surface area contributed by atoms with Crippen molar-refractivity contribution in [2.75, 3.05) is 26.7 Å². The number of carbonyl (C=O) groups is 2. The van der Waals surface area contributed by atoms with Gasteiger partial charge in [0.25, 0.3) is 5.91 Å². The Morgan fingerprint density at radius 2 is 1.81 bits per heavy atom. The SMILES string of the molecule is CCN(CC)C(=O)CN(C)C(=O)c1nn(-c2ccccc2Cl)c(C)cc1=O. The molecule has 27 heavy (non-hydrogen) atoms. The van der Waals surface area contributed by atoms with Crippen LogP contribution in [0.5, 0.6) is 0 Å². The minimum atomic E-state index is -0.610. The van der Waals surface area contributed by atoms with Gasteiger partial charge in [0.1, 0.15) is 0 Å². The van der Waals surface area contributed by atoms with Gasteiger partial charge in [-0.25, -0.2) is 4.68 Å². The van der Waals surface area contributed by atoms with Gasteiger partial charge in [0.2, 0.25) is 11.3 Å². The van der Waals surface area contributed by atoms with E-state index in [0.717, 1.165) is 0 Å². The number of hydrogen-bond acceptors (Lipinski definition) is 4. The molecule has 1 aromatic heterocycles. The normalized spacial score (nSPS) is 10.6. The van der Waals surface area contributed by atoms with Crippen molar-refractivity contribution >= 4 is 23.4 Å². The molecule has 144 valence electrons. The molecule has 2 rings (SSSR count). The van der Waals surface area contributed by atoms with E-state index in [-0.39, 0.29) is 18.1 Å². The molecular formula is C19H23ClN4O3. The summed E-state index contributed by atoms with van der Waals surface area (Å²) in [6.45, 7) is 6.43. The van der Waals surface area contributed by atoms with Crippen molar-refractivity contribution < 1.29 is 9.59 Å². The molecule has 8 heteroatoms. The van der Waals surface area contributed by atoms with E-state index in [0.29, 0.717) is 29.5 Å². The molecule has 2 amide bonds. The number of carbonyl (C=O) groups excluding carboxylic acids is 2. The van der Waals surface area contributed by atoms with Crippen LogP contribution in [-0.4, -0.2) is 58.1 Å². The number of nitrogens with zero attached hydrogens (tertiary/aromatic N) is 4. The van der Waals surface area contributed by atoms with Crippen molar-refractivity contribution in [2.24, 2.45) is 0 Å². The van der Waals surface area contributed by atoms with Gasteiger partial charge in [0.05, 0.1) is 17.3 Å². The fourth-order valence-corrected chi connectivity index (χ4v) is 2.91. The van der Waals surface area contributed by atoms with Crippen LogP contribution in [0.1, 0.15) is 30.0 Å². The maximum atomic E-state index is 12.7. The third-order valence-electron chi connectivity index (χ3n) is 4.23. The molecule has 0 aliphatic rings. The lowest BCUT2D eigenvalue weighted by Gasteiger charge is -2.23. The number of halogens is 1. The Morgan fingerprint density at radius 3 is 2.41 bits per heavy atom. The quantitative estimate of drug-likeness (QED) is 0.757. The standard InChI is InChI=1S/C19H23ClN4O3/c1-5-23(6-2)17(26)12-22(4)19(27)18-16(25)11-13(3)24(21-18)15-10-8-7-9-14(15)20/h7-11H,5-6,12H2,1-4H3. The van der Waals surface area contributed by atoms with Crippen LogP contribution in [-0.2, 0) is 4.79 Å². The zero-order valence-electron chi connectivity index (χ0n) is 15.9. The second kappa shape index (κ2) is 8.81. The lowest BCUT2D eigenvalue weighted by molar-refractivity contribution is -0.131. The van der Waals surface area contributed by atoms with E-state index in [9.17, 15) is 14.4 Å². The van der Waals surface area contributed by atoms with Gasteiger partial charge in [-0.2, -0.15) is 5.10 Å². The van der Waals surface area contributed by atoms with Crippen LogP contribution in [0.4, 0.5) is 0 Å². The number of para-hydroxylation sites is 1. The highest BCUT2D eigenvalue weighted by molar-refractivity contribution is 6.32. The van der Waals surface area contributed by atoms with Crippen molar-refractivity contribution in [1.82, 2.24) is 19.6 Å². The molecule has 0 aliphatic heterocycles. The zero-order chi connectivity index (χ0) is 20.1. The van der Waals surface area contributed by atoms with E-state index in [2.05, 4.69) is 5.10 Å². The number of hydrogen-bond donors (Lipinski definition) is 0. The average Bonchev–Trinajstić information content (AvgIpc) is 2.63. The first kappa shape index (κ1) is 20.6. The molecule has 0 spiro atoms. The van der Waals surface area contributed by atoms with E-state index in [4.69, 9.17) is 11.6 Å². The van der Waals surface area contributed by atoms with Crippen LogP contribution in [0, 0.1) is 6.92 Å². The summed E-state index contributed by atoms with van der Waals surface area (Å²) in [5.74, 6) is -0.796. The summed E-state index contributed by atoms with van der Waals surface area (Å²) < 4.78 is 1.46. The molecule has 0 atom stereocenters. The molecule has 0 N–H and O–H groups in total. The minimum Gasteiger partial charge on any atom is -0.342 e. The second-order valence-electron chi connectivity index (χ2n) is 6.09. The highest BCUT2D eigenvalue weighted by Crippen LogP contribution is 2.19. The number of benzene rings is 1. The van der Waals surface area contributed by atoms with E-state index in [1.807, 2.05) is 13.8 Å². The fraction of sp³-hybridized carbons (Fsp3) is 0.368. The summed E-state index contributed by atoms with van der Waals surface area (Å²) in [5.41, 5.74) is 0.359. The Morgan fingerprint density at radius 1 is 1.19 bits per heavy atom. The van der Waals surface area contributed by atoms with Crippen molar-refractivity contribution in [1.29, 1.82) is 0 Å². The number of aromatic nitrogens is 2. The molecule has 0 unspecified atom stereocenters. The summed E-state index contributed by atoms with van der Waals surface area (Å²) in [4.78, 5) is 40.1. The lowest BCUT2D eigenvalue weighted by atomic mass is 10.2. The molecule has 1 heterocycles. The molecule has 0 saturated carbocycles. The monoisotopic (exact) mass is 390 g/mol. The van der Waals surface area contributed by atoms with Crippen LogP contribution in [0.2, 0.25) is 5.02 Å². The number of aryl methyl sites for hydroxylation is 1. The van der Waals surface area contributed by atoms with Crippen molar-refractivity contribution in [3.05, 3.63) is 57.0 Å². The highest BCUT2D eigenvalue weighted by atomic mass is 35.5. The Kier molecular flexibility index (Phi) is 6.74. The first-order valence-corrected chi connectivity index (χ1v) is 9.07. The largest absolute Gasteiger partial charge is 0.342 e. The Labute approximate surface area is 163 Å². The molecule has 0 aliphatic carbocycles. The molecule has 1 aromatic carbocycles. The van der Waals surface area contributed by atoms with E-state index in [1.165, 1.54) is 22.7 Å². The molecule has 0 saturated heterocycles. The predicted molar refractivity (Wildman–Crippen MR) is 104 cm³/mol. The van der Waals surface area contributed by atoms with Gasteiger partial charge in [0.15, 0.2) is 5.69 Å². The van der Waals surface area contributed by atoms with Gasteiger partial charge < -0.3 is 9.80 Å². The summed E-state index contributed by atoms with van der Waals surface area (Å²) in [6.07, 6.45) is 0. The average molecular weight is 391 g/mol. The molecular weight excluding hydrogens is 368 g/mol. The summed E-state index contributed by atoms with van der Waals surface area (Å²) >= 11 is 6.22. The van der Waals surface area contributed by atoms with Crippen LogP contribution >= 0.6 is 11.6 Å². The van der Waals surface area contributed by atoms with Crippen LogP contribution in [0.25, 0.3) is 5.69 Å². The Bertz CT molecular complexity index is 906. The van der Waals surface area contributed by atoms with Crippen molar-refractivity contribution in [3.63, 3.8) is 0 Å². The molecule has 0 bridgehead atoms. The van der Waals surface area contributed by atoms with Crippen LogP contribution in [0.3, 0.4) is 0 Å². The maximum absolute atomic E-state index is 12.7. The molecule has 2 aromatic rings. The minimum absolute atomic E-state index is 0.123. The van der Waals surface area contributed by atoms with Crippen LogP contribution in [0.15, 0.2) is 35.1 Å². The van der Waals surface area contributed by atoms with Gasteiger partial charge in [-0.3, -0.25) is 14.4 Å². The summed E-state index contributed by atoms with van der Waals surface area (Å²) in [7, 11) is 1.48. The van der Waals surface area contributed by atoms with Gasteiger partial charge in [-0.05, 0) is 32.9 Å². The number of rotatable bonds is 6. The van der Waals surface area contributed by atoms with Crippen molar-refractivity contribution in [2.45, 2.75) is 20.8 Å². The zero-order valence-corrected chi connectivity index (χ0v) is 16.7. The molecule has 0 fully saturated rings. The Hall–Kier alpha value is -2.67. The highest BCUT2D eigenvalue weighted by Gasteiger charge is 2.22. The third-order valence-corrected chi connectivity index (χ3v) is 4.55. The first-order chi connectivity index (χ1) is 12.8. The van der Waals surface area contributed by atoms with E-state index in [1.54, 1.807) is 36.1 Å². The number of amides is 2. The van der Waals surface area contributed by atoms with Gasteiger partial charge in [-0.15, -0.1) is 0 Å². The number of likely N-dealkylation sites (N-methyl/N-ethyl adjacent to an activating group) is 2. The van der Waals surface area contributed by atoms with E-state index >= 15 is 0 Å². The summed E-state index contributed by atoms with van der Waals surface area (Å²) in [5, 5.41) is 4.66.